The van der Waals surface area contributed by atoms with Crippen molar-refractivity contribution in [3.63, 3.8) is 0 Å². The molecule has 3 aromatic rings. The van der Waals surface area contributed by atoms with E-state index in [1.54, 1.807) is 42.5 Å². The molecule has 0 bridgehead atoms. The molecule has 0 atom stereocenters. The molecule has 0 aliphatic heterocycles. The Labute approximate surface area is 134 Å². The topological polar surface area (TPSA) is 83.0 Å². The second-order valence-electron chi connectivity index (χ2n) is 4.73. The van der Waals surface area contributed by atoms with Gasteiger partial charge in [0.15, 0.2) is 5.78 Å². The number of carbonyl (C=O) groups excluding carboxylic acids is 1. The molecule has 0 aliphatic rings. The molecule has 6 heteroatoms. The number of rotatable bonds is 3. The van der Waals surface area contributed by atoms with Crippen molar-refractivity contribution in [1.29, 1.82) is 0 Å². The number of nitrogens with zero attached hydrogens (tertiary/aromatic N) is 1. The normalized spacial score (nSPS) is 12.5. The first-order valence-electron chi connectivity index (χ1n) is 6.78. The van der Waals surface area contributed by atoms with Gasteiger partial charge in [0.2, 0.25) is 0 Å². The number of benzene rings is 1. The lowest BCUT2D eigenvalue weighted by atomic mass is 10.2. The van der Waals surface area contributed by atoms with Gasteiger partial charge in [-0.2, -0.15) is 0 Å². The first-order valence-corrected chi connectivity index (χ1v) is 7.60. The molecule has 23 heavy (non-hydrogen) atoms. The van der Waals surface area contributed by atoms with Crippen LogP contribution in [-0.4, -0.2) is 20.9 Å². The predicted molar refractivity (Wildman–Crippen MR) is 88.9 cm³/mol. The minimum Gasteiger partial charge on any atom is -0.507 e. The molecule has 0 saturated heterocycles. The van der Waals surface area contributed by atoms with Gasteiger partial charge in [-0.25, -0.2) is 0 Å². The van der Waals surface area contributed by atoms with Crippen molar-refractivity contribution in [3.8, 4) is 5.75 Å². The number of aromatic amines is 1. The van der Waals surface area contributed by atoms with Gasteiger partial charge in [0, 0.05) is 29.6 Å². The van der Waals surface area contributed by atoms with Gasteiger partial charge in [0.1, 0.15) is 5.75 Å². The van der Waals surface area contributed by atoms with E-state index < -0.39 is 0 Å². The van der Waals surface area contributed by atoms with Gasteiger partial charge in [-0.1, -0.05) is 18.2 Å². The average molecular weight is 324 g/mol. The number of phenols is 1. The number of nitrogens with one attached hydrogen (secondary N) is 1. The van der Waals surface area contributed by atoms with Crippen molar-refractivity contribution < 1.29 is 9.90 Å². The Kier molecular flexibility index (Phi) is 4.16. The molecule has 0 spiro atoms. The molecule has 1 aromatic carbocycles. The van der Waals surface area contributed by atoms with Crippen LogP contribution in [0, 0.1) is 0 Å². The Balaban J connectivity index is 2.02. The number of hydrogen-bond donors (Lipinski definition) is 2. The molecule has 5 nitrogen and oxygen atoms in total. The number of para-hydroxylation sites is 1. The molecule has 2 heterocycles. The van der Waals surface area contributed by atoms with Crippen molar-refractivity contribution in [2.75, 3.05) is 0 Å². The average Bonchev–Trinajstić information content (AvgIpc) is 2.90. The quantitative estimate of drug-likeness (QED) is 0.705. The Morgan fingerprint density at radius 3 is 2.65 bits per heavy atom. The molecule has 2 N–H and O–H groups in total. The number of pyridine rings is 1. The summed E-state index contributed by atoms with van der Waals surface area (Å²) in [6.07, 6.45) is 6.04. The van der Waals surface area contributed by atoms with Gasteiger partial charge >= 0.3 is 0 Å². The number of carbonyl (C=O) groups is 1. The first kappa shape index (κ1) is 14.9. The van der Waals surface area contributed by atoms with E-state index >= 15 is 0 Å². The summed E-state index contributed by atoms with van der Waals surface area (Å²) in [5, 5.41) is 9.76. The van der Waals surface area contributed by atoms with Gasteiger partial charge in [-0.15, -0.1) is 11.3 Å². The van der Waals surface area contributed by atoms with Crippen LogP contribution >= 0.6 is 11.3 Å². The fourth-order valence-corrected chi connectivity index (χ4v) is 2.87. The van der Waals surface area contributed by atoms with Crippen molar-refractivity contribution in [3.05, 3.63) is 79.5 Å². The number of aromatic nitrogens is 2. The Morgan fingerprint density at radius 2 is 1.91 bits per heavy atom. The highest BCUT2D eigenvalue weighted by Crippen LogP contribution is 2.15. The third-order valence-corrected chi connectivity index (χ3v) is 4.09. The maximum Gasteiger partial charge on any atom is 0.266 e. The zero-order chi connectivity index (χ0) is 16.2. The minimum atomic E-state index is -0.299. The lowest BCUT2D eigenvalue weighted by Gasteiger charge is -1.95. The maximum absolute atomic E-state index is 12.1. The van der Waals surface area contributed by atoms with Gasteiger partial charge in [-0.3, -0.25) is 14.6 Å². The number of Topliss-reactive ketones (excluding diaryl/α,β-unsaturated/α-hetero) is 1. The number of H-pyrrole nitrogens is 1. The number of hydrogen-bond acceptors (Lipinski definition) is 5. The SMILES string of the molecule is O=C(C=c1[nH]c(=O)c(=Cc2ccccc2O)s1)c1ccncc1. The highest BCUT2D eigenvalue weighted by atomic mass is 32.1. The van der Waals surface area contributed by atoms with Gasteiger partial charge < -0.3 is 10.1 Å². The lowest BCUT2D eigenvalue weighted by Crippen LogP contribution is -2.20. The van der Waals surface area contributed by atoms with E-state index in [9.17, 15) is 14.7 Å². The van der Waals surface area contributed by atoms with Gasteiger partial charge in [0.05, 0.1) is 9.20 Å². The van der Waals surface area contributed by atoms with Crippen LogP contribution in [0.15, 0.2) is 53.6 Å². The molecular weight excluding hydrogens is 312 g/mol. The van der Waals surface area contributed by atoms with E-state index in [1.165, 1.54) is 18.5 Å². The van der Waals surface area contributed by atoms with E-state index in [2.05, 4.69) is 9.97 Å². The summed E-state index contributed by atoms with van der Waals surface area (Å²) in [6, 6.07) is 9.96. The molecular formula is C17H12N2O3S. The number of thiazole rings is 1. The second-order valence-corrected chi connectivity index (χ2v) is 5.82. The van der Waals surface area contributed by atoms with Gasteiger partial charge in [-0.05, 0) is 24.3 Å². The highest BCUT2D eigenvalue weighted by Gasteiger charge is 2.03. The molecule has 114 valence electrons. The van der Waals surface area contributed by atoms with E-state index in [0.717, 1.165) is 11.3 Å². The summed E-state index contributed by atoms with van der Waals surface area (Å²) >= 11 is 1.16. The van der Waals surface area contributed by atoms with E-state index in [1.807, 2.05) is 0 Å². The maximum atomic E-state index is 12.1. The lowest BCUT2D eigenvalue weighted by molar-refractivity contribution is 0.106. The van der Waals surface area contributed by atoms with E-state index in [4.69, 9.17) is 0 Å². The summed E-state index contributed by atoms with van der Waals surface area (Å²) in [7, 11) is 0. The van der Waals surface area contributed by atoms with Crippen LogP contribution in [0.25, 0.3) is 12.2 Å². The summed E-state index contributed by atoms with van der Waals surface area (Å²) in [4.78, 5) is 30.6. The predicted octanol–water partition coefficient (Wildman–Crippen LogP) is 1.03. The van der Waals surface area contributed by atoms with E-state index in [0.29, 0.717) is 20.3 Å². The molecule has 0 aliphatic carbocycles. The van der Waals surface area contributed by atoms with Crippen LogP contribution in [-0.2, 0) is 0 Å². The van der Waals surface area contributed by atoms with Crippen LogP contribution in [0.3, 0.4) is 0 Å². The first-order chi connectivity index (χ1) is 11.1. The standard InChI is InChI=1S/C17H12N2O3S/c20-13-4-2-1-3-12(13)9-15-17(22)19-16(23-15)10-14(21)11-5-7-18-8-6-11/h1-10,20H,(H,19,22). The van der Waals surface area contributed by atoms with Crippen LogP contribution in [0.2, 0.25) is 0 Å². The third kappa shape index (κ3) is 3.44. The molecule has 0 saturated carbocycles. The smallest absolute Gasteiger partial charge is 0.266 e. The summed E-state index contributed by atoms with van der Waals surface area (Å²) < 4.78 is 0.874. The Bertz CT molecular complexity index is 1020. The largest absolute Gasteiger partial charge is 0.507 e. The number of phenolic OH excluding ortho intramolecular Hbond substituents is 1. The molecule has 2 aromatic heterocycles. The minimum absolute atomic E-state index is 0.0960. The zero-order valence-electron chi connectivity index (χ0n) is 11.9. The van der Waals surface area contributed by atoms with Crippen LogP contribution in [0.5, 0.6) is 5.75 Å². The fourth-order valence-electron chi connectivity index (χ4n) is 1.99. The van der Waals surface area contributed by atoms with Crippen LogP contribution in [0.1, 0.15) is 15.9 Å². The highest BCUT2D eigenvalue weighted by molar-refractivity contribution is 7.07. The molecule has 0 amide bonds. The monoisotopic (exact) mass is 324 g/mol. The summed E-state index contributed by atoms with van der Waals surface area (Å²) in [6.45, 7) is 0. The Morgan fingerprint density at radius 1 is 1.17 bits per heavy atom. The second kappa shape index (κ2) is 6.41. The zero-order valence-corrected chi connectivity index (χ0v) is 12.7. The Hall–Kier alpha value is -2.99. The summed E-state index contributed by atoms with van der Waals surface area (Å²) in [5.74, 6) is -0.113. The summed E-state index contributed by atoms with van der Waals surface area (Å²) in [5.41, 5.74) is 0.749. The van der Waals surface area contributed by atoms with Crippen molar-refractivity contribution in [2.45, 2.75) is 0 Å². The van der Waals surface area contributed by atoms with E-state index in [-0.39, 0.29) is 17.1 Å². The molecule has 3 rings (SSSR count). The van der Waals surface area contributed by atoms with Crippen molar-refractivity contribution in [2.24, 2.45) is 0 Å². The number of ketones is 1. The molecule has 0 radical (unpaired) electrons. The van der Waals surface area contributed by atoms with Crippen LogP contribution < -0.4 is 14.8 Å². The molecule has 0 fully saturated rings. The fraction of sp³-hybridized carbons (Fsp3) is 0. The third-order valence-electron chi connectivity index (χ3n) is 3.13. The van der Waals surface area contributed by atoms with Gasteiger partial charge in [0.25, 0.3) is 5.56 Å². The van der Waals surface area contributed by atoms with Crippen molar-refractivity contribution in [1.82, 2.24) is 9.97 Å². The number of aromatic hydroxyl groups is 1. The molecule has 0 unspecified atom stereocenters. The van der Waals surface area contributed by atoms with Crippen LogP contribution in [0.4, 0.5) is 0 Å². The van der Waals surface area contributed by atoms with Crippen molar-refractivity contribution >= 4 is 29.3 Å².